The normalized spacial score (nSPS) is 30.1. The van der Waals surface area contributed by atoms with E-state index >= 15 is 0 Å². The van der Waals surface area contributed by atoms with Crippen LogP contribution in [0.4, 0.5) is 0 Å². The van der Waals surface area contributed by atoms with E-state index in [1.807, 2.05) is 18.9 Å². The smallest absolute Gasteiger partial charge is 0.243 e. The number of nitrogens with one attached hydrogen (secondary N) is 1. The molecule has 1 fully saturated rings. The number of hydrogen-bond donors (Lipinski definition) is 1. The van der Waals surface area contributed by atoms with Crippen molar-refractivity contribution in [1.82, 2.24) is 10.2 Å². The summed E-state index contributed by atoms with van der Waals surface area (Å²) in [5.41, 5.74) is -0.368. The average Bonchev–Trinajstić information content (AvgIpc) is 2.43. The van der Waals surface area contributed by atoms with Gasteiger partial charge in [0.1, 0.15) is 0 Å². The first-order valence-electron chi connectivity index (χ1n) is 6.33. The fourth-order valence-electron chi connectivity index (χ4n) is 2.52. The summed E-state index contributed by atoms with van der Waals surface area (Å²) in [6.07, 6.45) is 2.92. The molecular weight excluding hydrogens is 236 g/mol. The van der Waals surface area contributed by atoms with E-state index in [4.69, 9.17) is 11.6 Å². The maximum absolute atomic E-state index is 12.3. The van der Waals surface area contributed by atoms with Crippen LogP contribution in [0.15, 0.2) is 0 Å². The Morgan fingerprint density at radius 2 is 2.00 bits per heavy atom. The Hall–Kier alpha value is -0.280. The van der Waals surface area contributed by atoms with Crippen LogP contribution in [0.3, 0.4) is 0 Å². The lowest BCUT2D eigenvalue weighted by Crippen LogP contribution is -2.48. The first-order valence-corrected chi connectivity index (χ1v) is 6.87. The molecule has 0 aromatic rings. The van der Waals surface area contributed by atoms with Crippen molar-refractivity contribution in [2.45, 2.75) is 58.7 Å². The fraction of sp³-hybridized carbons (Fsp3) is 0.923. The molecule has 3 nitrogen and oxygen atoms in total. The van der Waals surface area contributed by atoms with Crippen LogP contribution >= 0.6 is 11.6 Å². The molecule has 0 bridgehead atoms. The van der Waals surface area contributed by atoms with Crippen molar-refractivity contribution in [2.75, 3.05) is 12.9 Å². The second kappa shape index (κ2) is 5.15. The van der Waals surface area contributed by atoms with Crippen LogP contribution in [0.25, 0.3) is 0 Å². The van der Waals surface area contributed by atoms with Gasteiger partial charge in [-0.25, -0.2) is 0 Å². The summed E-state index contributed by atoms with van der Waals surface area (Å²) in [6, 6.07) is 0. The summed E-state index contributed by atoms with van der Waals surface area (Å²) in [5, 5.41) is 3.50. The van der Waals surface area contributed by atoms with E-state index in [2.05, 4.69) is 26.1 Å². The number of unbranched alkanes of at least 4 members (excludes halogenated alkanes) is 1. The molecule has 0 saturated carbocycles. The van der Waals surface area contributed by atoms with Gasteiger partial charge >= 0.3 is 0 Å². The van der Waals surface area contributed by atoms with Crippen LogP contribution in [-0.2, 0) is 4.79 Å². The molecule has 100 valence electrons. The van der Waals surface area contributed by atoms with E-state index in [1.165, 1.54) is 0 Å². The third-order valence-electron chi connectivity index (χ3n) is 3.52. The van der Waals surface area contributed by atoms with Crippen LogP contribution in [0, 0.1) is 5.41 Å². The standard InChI is InChI=1S/C13H25ClN2O/c1-12(2,3)10-15-13(4,8-6-7-9-14)11(17)16(10)5/h10,15H,6-9H2,1-5H3/t10-,13+/m1/s1. The lowest BCUT2D eigenvalue weighted by atomic mass is 9.91. The van der Waals surface area contributed by atoms with Crippen molar-refractivity contribution >= 4 is 17.5 Å². The molecule has 17 heavy (non-hydrogen) atoms. The molecule has 1 aliphatic heterocycles. The predicted octanol–water partition coefficient (Wildman–Crippen LogP) is 2.59. The number of hydrogen-bond acceptors (Lipinski definition) is 2. The highest BCUT2D eigenvalue weighted by Gasteiger charge is 2.49. The van der Waals surface area contributed by atoms with Gasteiger partial charge < -0.3 is 4.90 Å². The van der Waals surface area contributed by atoms with Gasteiger partial charge in [-0.2, -0.15) is 0 Å². The monoisotopic (exact) mass is 260 g/mol. The topological polar surface area (TPSA) is 32.3 Å². The number of nitrogens with zero attached hydrogens (tertiary/aromatic N) is 1. The lowest BCUT2D eigenvalue weighted by molar-refractivity contribution is -0.132. The molecule has 1 saturated heterocycles. The van der Waals surface area contributed by atoms with E-state index in [9.17, 15) is 4.79 Å². The molecule has 2 atom stereocenters. The number of alkyl halides is 1. The first-order chi connectivity index (χ1) is 7.72. The van der Waals surface area contributed by atoms with Crippen molar-refractivity contribution in [3.05, 3.63) is 0 Å². The van der Waals surface area contributed by atoms with Crippen LogP contribution < -0.4 is 5.32 Å². The Balaban J connectivity index is 2.73. The molecule has 1 amide bonds. The molecule has 1 aliphatic rings. The molecule has 0 aromatic carbocycles. The summed E-state index contributed by atoms with van der Waals surface area (Å²) in [6.45, 7) is 8.46. The minimum atomic E-state index is -0.418. The first kappa shape index (κ1) is 14.8. The zero-order chi connectivity index (χ0) is 13.3. The van der Waals surface area contributed by atoms with E-state index in [1.54, 1.807) is 0 Å². The summed E-state index contributed by atoms with van der Waals surface area (Å²) >= 11 is 5.68. The third kappa shape index (κ3) is 3.14. The van der Waals surface area contributed by atoms with Crippen LogP contribution in [-0.4, -0.2) is 35.4 Å². The average molecular weight is 261 g/mol. The van der Waals surface area contributed by atoms with Crippen molar-refractivity contribution in [1.29, 1.82) is 0 Å². The summed E-state index contributed by atoms with van der Waals surface area (Å²) in [5.74, 6) is 0.870. The zero-order valence-electron chi connectivity index (χ0n) is 11.6. The van der Waals surface area contributed by atoms with Crippen LogP contribution in [0.1, 0.15) is 47.0 Å². The SMILES string of the molecule is CN1C(=O)[C@](C)(CCCCCl)N[C@H]1C(C)(C)C. The van der Waals surface area contributed by atoms with E-state index in [0.29, 0.717) is 5.88 Å². The number of likely N-dealkylation sites (N-methyl/N-ethyl adjacent to an activating group) is 1. The third-order valence-corrected chi connectivity index (χ3v) is 3.78. The Morgan fingerprint density at radius 1 is 1.41 bits per heavy atom. The minimum absolute atomic E-state index is 0.0503. The molecule has 0 spiro atoms. The van der Waals surface area contributed by atoms with Gasteiger partial charge in [0, 0.05) is 12.9 Å². The molecule has 1 heterocycles. The van der Waals surface area contributed by atoms with Gasteiger partial charge in [0.15, 0.2) is 0 Å². The quantitative estimate of drug-likeness (QED) is 0.623. The lowest BCUT2D eigenvalue weighted by Gasteiger charge is -2.32. The molecule has 0 aliphatic carbocycles. The number of rotatable bonds is 4. The summed E-state index contributed by atoms with van der Waals surface area (Å²) < 4.78 is 0. The largest absolute Gasteiger partial charge is 0.328 e. The van der Waals surface area contributed by atoms with E-state index < -0.39 is 5.54 Å². The van der Waals surface area contributed by atoms with Gasteiger partial charge in [-0.05, 0) is 31.6 Å². The van der Waals surface area contributed by atoms with Crippen molar-refractivity contribution in [3.63, 3.8) is 0 Å². The highest BCUT2D eigenvalue weighted by atomic mass is 35.5. The molecular formula is C13H25ClN2O. The van der Waals surface area contributed by atoms with Gasteiger partial charge in [-0.3, -0.25) is 10.1 Å². The van der Waals surface area contributed by atoms with Gasteiger partial charge in [0.25, 0.3) is 0 Å². The molecule has 1 rings (SSSR count). The van der Waals surface area contributed by atoms with Crippen LogP contribution in [0.2, 0.25) is 0 Å². The summed E-state index contributed by atoms with van der Waals surface area (Å²) in [4.78, 5) is 14.2. The van der Waals surface area contributed by atoms with Crippen molar-refractivity contribution in [2.24, 2.45) is 5.41 Å². The summed E-state index contributed by atoms with van der Waals surface area (Å²) in [7, 11) is 1.89. The van der Waals surface area contributed by atoms with E-state index in [0.717, 1.165) is 19.3 Å². The highest BCUT2D eigenvalue weighted by molar-refractivity contribution is 6.17. The Labute approximate surface area is 110 Å². The Bertz CT molecular complexity index is 288. The number of carbonyl (C=O) groups excluding carboxylic acids is 1. The number of halogens is 1. The molecule has 4 heteroatoms. The van der Waals surface area contributed by atoms with E-state index in [-0.39, 0.29) is 17.5 Å². The maximum atomic E-state index is 12.3. The van der Waals surface area contributed by atoms with Gasteiger partial charge in [-0.15, -0.1) is 11.6 Å². The van der Waals surface area contributed by atoms with Gasteiger partial charge in [0.05, 0.1) is 11.7 Å². The second-order valence-corrected chi connectivity index (χ2v) is 6.69. The van der Waals surface area contributed by atoms with Crippen molar-refractivity contribution in [3.8, 4) is 0 Å². The number of amides is 1. The number of carbonyl (C=O) groups is 1. The molecule has 0 unspecified atom stereocenters. The van der Waals surface area contributed by atoms with Gasteiger partial charge in [0.2, 0.25) is 5.91 Å². The molecule has 1 N–H and O–H groups in total. The van der Waals surface area contributed by atoms with Crippen LogP contribution in [0.5, 0.6) is 0 Å². The predicted molar refractivity (Wildman–Crippen MR) is 72.1 cm³/mol. The van der Waals surface area contributed by atoms with Gasteiger partial charge in [-0.1, -0.05) is 20.8 Å². The highest BCUT2D eigenvalue weighted by Crippen LogP contribution is 2.32. The zero-order valence-corrected chi connectivity index (χ0v) is 12.4. The maximum Gasteiger partial charge on any atom is 0.243 e. The Morgan fingerprint density at radius 3 is 2.41 bits per heavy atom. The fourth-order valence-corrected chi connectivity index (χ4v) is 2.71. The molecule has 0 radical (unpaired) electrons. The second-order valence-electron chi connectivity index (χ2n) is 6.31. The van der Waals surface area contributed by atoms with Crippen molar-refractivity contribution < 1.29 is 4.79 Å². The minimum Gasteiger partial charge on any atom is -0.328 e. The molecule has 0 aromatic heterocycles. The Kier molecular flexibility index (Phi) is 4.48.